The van der Waals surface area contributed by atoms with Crippen LogP contribution >= 0.6 is 0 Å². The number of hydrogen-bond donors (Lipinski definition) is 1. The first-order valence-electron chi connectivity index (χ1n) is 6.82. The van der Waals surface area contributed by atoms with E-state index >= 15 is 0 Å². The van der Waals surface area contributed by atoms with Gasteiger partial charge in [-0.2, -0.15) is 0 Å². The molecule has 8 nitrogen and oxygen atoms in total. The number of nitrogens with one attached hydrogen (secondary N) is 1. The third-order valence-electron chi connectivity index (χ3n) is 3.26. The van der Waals surface area contributed by atoms with Crippen molar-refractivity contribution in [3.8, 4) is 11.5 Å². The van der Waals surface area contributed by atoms with Crippen molar-refractivity contribution in [2.24, 2.45) is 0 Å². The molecule has 0 fully saturated rings. The van der Waals surface area contributed by atoms with Gasteiger partial charge in [-0.3, -0.25) is 10.1 Å². The van der Waals surface area contributed by atoms with Crippen LogP contribution in [0, 0.1) is 10.1 Å². The molecule has 2 rings (SSSR count). The van der Waals surface area contributed by atoms with Gasteiger partial charge in [0, 0.05) is 12.6 Å². The van der Waals surface area contributed by atoms with Gasteiger partial charge >= 0.3 is 5.69 Å². The predicted octanol–water partition coefficient (Wildman–Crippen LogP) is 2.09. The highest BCUT2D eigenvalue weighted by atomic mass is 32.2. The van der Waals surface area contributed by atoms with Crippen LogP contribution in [0.2, 0.25) is 0 Å². The molecule has 0 saturated carbocycles. The van der Waals surface area contributed by atoms with Gasteiger partial charge in [-0.25, -0.2) is 13.1 Å². The molecular weight excluding hydrogens is 336 g/mol. The topological polar surface area (TPSA) is 108 Å². The average molecular weight is 352 g/mol. The van der Waals surface area contributed by atoms with Crippen LogP contribution in [-0.2, 0) is 16.6 Å². The lowest BCUT2D eigenvalue weighted by molar-refractivity contribution is -0.386. The van der Waals surface area contributed by atoms with Crippen LogP contribution < -0.4 is 14.2 Å². The number of nitro benzene ring substituents is 1. The second-order valence-electron chi connectivity index (χ2n) is 4.77. The Labute approximate surface area is 139 Å². The number of hydrogen-bond acceptors (Lipinski definition) is 6. The van der Waals surface area contributed by atoms with Crippen molar-refractivity contribution in [2.45, 2.75) is 11.4 Å². The first-order chi connectivity index (χ1) is 11.4. The minimum absolute atomic E-state index is 0.00764. The molecule has 9 heteroatoms. The lowest BCUT2D eigenvalue weighted by Gasteiger charge is -2.09. The molecule has 0 saturated heterocycles. The number of methoxy groups -OCH3 is 2. The van der Waals surface area contributed by atoms with E-state index in [1.165, 1.54) is 26.4 Å². The zero-order valence-corrected chi connectivity index (χ0v) is 13.9. The molecule has 0 spiro atoms. The molecule has 0 aliphatic carbocycles. The number of nitro groups is 1. The third kappa shape index (κ3) is 4.00. The maximum absolute atomic E-state index is 12.3. The van der Waals surface area contributed by atoms with Gasteiger partial charge in [0.1, 0.15) is 5.75 Å². The van der Waals surface area contributed by atoms with Crippen LogP contribution in [0.15, 0.2) is 47.4 Å². The second kappa shape index (κ2) is 7.28. The summed E-state index contributed by atoms with van der Waals surface area (Å²) >= 11 is 0. The van der Waals surface area contributed by atoms with Gasteiger partial charge < -0.3 is 9.47 Å². The Kier molecular flexibility index (Phi) is 5.37. The van der Waals surface area contributed by atoms with E-state index in [0.717, 1.165) is 6.07 Å². The fourth-order valence-electron chi connectivity index (χ4n) is 2.02. The van der Waals surface area contributed by atoms with Gasteiger partial charge in [-0.15, -0.1) is 0 Å². The largest absolute Gasteiger partial charge is 0.497 e. The molecule has 24 heavy (non-hydrogen) atoms. The standard InChI is InChI=1S/C15H16N2O6S/c1-22-12-5-3-4-11(8-12)10-16-24(20,21)13-6-7-15(23-2)14(9-13)17(18)19/h3-9,16H,10H2,1-2H3. The van der Waals surface area contributed by atoms with E-state index in [-0.39, 0.29) is 17.2 Å². The number of sulfonamides is 1. The molecule has 2 aromatic rings. The van der Waals surface area contributed by atoms with Crippen LogP contribution in [0.5, 0.6) is 11.5 Å². The smallest absolute Gasteiger partial charge is 0.312 e. The quantitative estimate of drug-likeness (QED) is 0.604. The van der Waals surface area contributed by atoms with Crippen LogP contribution in [-0.4, -0.2) is 27.6 Å². The van der Waals surface area contributed by atoms with Crippen LogP contribution in [0.4, 0.5) is 5.69 Å². The van der Waals surface area contributed by atoms with E-state index < -0.39 is 20.6 Å². The van der Waals surface area contributed by atoms with Crippen molar-refractivity contribution >= 4 is 15.7 Å². The molecule has 0 aliphatic rings. The summed E-state index contributed by atoms with van der Waals surface area (Å²) in [5.74, 6) is 0.596. The zero-order chi connectivity index (χ0) is 17.7. The summed E-state index contributed by atoms with van der Waals surface area (Å²) in [5.41, 5.74) is 0.280. The number of nitrogens with zero attached hydrogens (tertiary/aromatic N) is 1. The fourth-order valence-corrected chi connectivity index (χ4v) is 3.06. The van der Waals surface area contributed by atoms with Crippen LogP contribution in [0.3, 0.4) is 0 Å². The van der Waals surface area contributed by atoms with Crippen molar-refractivity contribution in [2.75, 3.05) is 14.2 Å². The molecule has 0 amide bonds. The molecule has 1 N–H and O–H groups in total. The summed E-state index contributed by atoms with van der Waals surface area (Å²) in [5, 5.41) is 11.0. The Bertz CT molecular complexity index is 851. The second-order valence-corrected chi connectivity index (χ2v) is 6.53. The maximum Gasteiger partial charge on any atom is 0.312 e. The summed E-state index contributed by atoms with van der Waals surface area (Å²) in [6, 6.07) is 10.4. The molecule has 0 atom stereocenters. The van der Waals surface area contributed by atoms with Gasteiger partial charge in [0.15, 0.2) is 5.75 Å². The predicted molar refractivity (Wildman–Crippen MR) is 86.7 cm³/mol. The third-order valence-corrected chi connectivity index (χ3v) is 4.66. The van der Waals surface area contributed by atoms with E-state index in [1.807, 2.05) is 0 Å². The lowest BCUT2D eigenvalue weighted by atomic mass is 10.2. The molecular formula is C15H16N2O6S. The van der Waals surface area contributed by atoms with Crippen LogP contribution in [0.25, 0.3) is 0 Å². The van der Waals surface area contributed by atoms with E-state index in [0.29, 0.717) is 11.3 Å². The first kappa shape index (κ1) is 17.7. The highest BCUT2D eigenvalue weighted by molar-refractivity contribution is 7.89. The normalized spacial score (nSPS) is 11.1. The summed E-state index contributed by atoms with van der Waals surface area (Å²) < 4.78 is 37.0. The van der Waals surface area contributed by atoms with Gasteiger partial charge in [0.05, 0.1) is 24.0 Å². The number of ether oxygens (including phenoxy) is 2. The Morgan fingerprint density at radius 2 is 1.88 bits per heavy atom. The molecule has 0 bridgehead atoms. The van der Waals surface area contributed by atoms with Crippen molar-refractivity contribution in [3.05, 3.63) is 58.1 Å². The van der Waals surface area contributed by atoms with Gasteiger partial charge in [0.2, 0.25) is 10.0 Å². The van der Waals surface area contributed by atoms with Crippen LogP contribution in [0.1, 0.15) is 5.56 Å². The summed E-state index contributed by atoms with van der Waals surface area (Å²) in [6.07, 6.45) is 0. The molecule has 0 unspecified atom stereocenters. The Morgan fingerprint density at radius 1 is 1.12 bits per heavy atom. The molecule has 0 aromatic heterocycles. The molecule has 128 valence electrons. The van der Waals surface area contributed by atoms with Crippen molar-refractivity contribution in [1.82, 2.24) is 4.72 Å². The molecule has 0 heterocycles. The Hall–Kier alpha value is -2.65. The Balaban J connectivity index is 2.24. The monoisotopic (exact) mass is 352 g/mol. The average Bonchev–Trinajstić information content (AvgIpc) is 2.59. The van der Waals surface area contributed by atoms with Crippen molar-refractivity contribution in [1.29, 1.82) is 0 Å². The summed E-state index contributed by atoms with van der Waals surface area (Å²) in [6.45, 7) is 0.0271. The molecule has 2 aromatic carbocycles. The lowest BCUT2D eigenvalue weighted by Crippen LogP contribution is -2.23. The van der Waals surface area contributed by atoms with E-state index in [9.17, 15) is 18.5 Å². The maximum atomic E-state index is 12.3. The number of rotatable bonds is 7. The molecule has 0 radical (unpaired) electrons. The van der Waals surface area contributed by atoms with Crippen molar-refractivity contribution < 1.29 is 22.8 Å². The zero-order valence-electron chi connectivity index (χ0n) is 13.1. The molecule has 0 aliphatic heterocycles. The van der Waals surface area contributed by atoms with E-state index in [4.69, 9.17) is 9.47 Å². The van der Waals surface area contributed by atoms with E-state index in [1.54, 1.807) is 24.3 Å². The summed E-state index contributed by atoms with van der Waals surface area (Å²) in [4.78, 5) is 10.1. The highest BCUT2D eigenvalue weighted by Gasteiger charge is 2.21. The minimum Gasteiger partial charge on any atom is -0.497 e. The number of benzene rings is 2. The SMILES string of the molecule is COc1cccc(CNS(=O)(=O)c2ccc(OC)c([N+](=O)[O-])c2)c1. The minimum atomic E-state index is -3.91. The fraction of sp³-hybridized carbons (Fsp3) is 0.200. The first-order valence-corrected chi connectivity index (χ1v) is 8.30. The van der Waals surface area contributed by atoms with Gasteiger partial charge in [-0.1, -0.05) is 12.1 Å². The van der Waals surface area contributed by atoms with Gasteiger partial charge in [0.25, 0.3) is 0 Å². The Morgan fingerprint density at radius 3 is 2.50 bits per heavy atom. The van der Waals surface area contributed by atoms with Crippen molar-refractivity contribution in [3.63, 3.8) is 0 Å². The van der Waals surface area contributed by atoms with E-state index in [2.05, 4.69) is 4.72 Å². The summed E-state index contributed by atoms with van der Waals surface area (Å²) in [7, 11) is -1.12. The highest BCUT2D eigenvalue weighted by Crippen LogP contribution is 2.29. The van der Waals surface area contributed by atoms with Gasteiger partial charge in [-0.05, 0) is 29.8 Å².